The van der Waals surface area contributed by atoms with E-state index in [4.69, 9.17) is 0 Å². The van der Waals surface area contributed by atoms with E-state index in [2.05, 4.69) is 31.7 Å². The lowest BCUT2D eigenvalue weighted by molar-refractivity contribution is 0.0929. The van der Waals surface area contributed by atoms with Crippen LogP contribution in [0.5, 0.6) is 0 Å². The number of H-pyrrole nitrogens is 1. The van der Waals surface area contributed by atoms with Gasteiger partial charge in [-0.1, -0.05) is 13.0 Å². The van der Waals surface area contributed by atoms with Crippen molar-refractivity contribution in [2.45, 2.75) is 26.3 Å². The molecule has 0 aliphatic carbocycles. The monoisotopic (exact) mass is 329 g/mol. The number of carbonyl (C=O) groups excluding carboxylic acids is 1. The fourth-order valence-electron chi connectivity index (χ4n) is 2.40. The summed E-state index contributed by atoms with van der Waals surface area (Å²) in [5.41, 5.74) is 3.49. The first kappa shape index (κ1) is 15.5. The number of aryl methyl sites for hydroxylation is 1. The van der Waals surface area contributed by atoms with Crippen molar-refractivity contribution in [2.24, 2.45) is 0 Å². The third kappa shape index (κ3) is 3.19. The van der Waals surface area contributed by atoms with Gasteiger partial charge in [0.25, 0.3) is 5.91 Å². The maximum Gasteiger partial charge on any atom is 0.271 e. The summed E-state index contributed by atoms with van der Waals surface area (Å²) in [5, 5.41) is 8.40. The number of thiazole rings is 1. The van der Waals surface area contributed by atoms with Gasteiger partial charge in [-0.05, 0) is 31.0 Å². The zero-order valence-electron chi connectivity index (χ0n) is 13.3. The number of hydrogen-bond donors (Lipinski definition) is 3. The van der Waals surface area contributed by atoms with E-state index < -0.39 is 0 Å². The van der Waals surface area contributed by atoms with Crippen LogP contribution in [0.2, 0.25) is 0 Å². The number of nitrogens with zero attached hydrogens (tertiary/aromatic N) is 2. The van der Waals surface area contributed by atoms with Crippen LogP contribution in [0.1, 0.15) is 41.3 Å². The molecule has 0 saturated carbocycles. The van der Waals surface area contributed by atoms with Gasteiger partial charge in [0.1, 0.15) is 11.5 Å². The van der Waals surface area contributed by atoms with E-state index >= 15 is 0 Å². The molecule has 3 rings (SSSR count). The van der Waals surface area contributed by atoms with Crippen molar-refractivity contribution in [3.05, 3.63) is 40.7 Å². The fraction of sp³-hybridized carbons (Fsp3) is 0.312. The van der Waals surface area contributed by atoms with Crippen LogP contribution in [0.25, 0.3) is 11.0 Å². The van der Waals surface area contributed by atoms with E-state index in [0.29, 0.717) is 5.69 Å². The lowest BCUT2D eigenvalue weighted by Gasteiger charge is -2.13. The summed E-state index contributed by atoms with van der Waals surface area (Å²) in [6.45, 7) is 4.06. The highest BCUT2D eigenvalue weighted by atomic mass is 32.1. The molecule has 0 aliphatic heterocycles. The molecule has 2 heterocycles. The summed E-state index contributed by atoms with van der Waals surface area (Å²) in [5.74, 6) is 0.580. The van der Waals surface area contributed by atoms with Crippen molar-refractivity contribution in [1.29, 1.82) is 0 Å². The van der Waals surface area contributed by atoms with Crippen LogP contribution in [0, 0.1) is 6.92 Å². The molecule has 0 radical (unpaired) electrons. The van der Waals surface area contributed by atoms with Gasteiger partial charge < -0.3 is 15.6 Å². The van der Waals surface area contributed by atoms with Crippen molar-refractivity contribution in [3.8, 4) is 0 Å². The molecule has 7 heteroatoms. The average molecular weight is 329 g/mol. The van der Waals surface area contributed by atoms with Crippen LogP contribution in [-0.4, -0.2) is 27.9 Å². The molecule has 3 N–H and O–H groups in total. The topological polar surface area (TPSA) is 82.7 Å². The summed E-state index contributed by atoms with van der Waals surface area (Å²) in [6.07, 6.45) is 0.744. The Labute approximate surface area is 138 Å². The standard InChI is InChI=1S/C16H19N5OS/c1-4-10(20-15(22)13-8-23-16(17-3)21-13)14-18-11-6-5-9(2)7-12(11)19-14/h5-8,10H,4H2,1-3H3,(H,17,21)(H,18,19)(H,20,22)/t10-/m0/s1. The Hall–Kier alpha value is -2.41. The molecule has 6 nitrogen and oxygen atoms in total. The molecule has 120 valence electrons. The van der Waals surface area contributed by atoms with Crippen molar-refractivity contribution in [3.63, 3.8) is 0 Å². The van der Waals surface area contributed by atoms with E-state index in [1.165, 1.54) is 16.9 Å². The van der Waals surface area contributed by atoms with Crippen LogP contribution in [-0.2, 0) is 0 Å². The summed E-state index contributed by atoms with van der Waals surface area (Å²) in [7, 11) is 1.78. The zero-order chi connectivity index (χ0) is 16.4. The van der Waals surface area contributed by atoms with E-state index in [9.17, 15) is 4.79 Å². The van der Waals surface area contributed by atoms with Crippen LogP contribution in [0.4, 0.5) is 5.13 Å². The highest BCUT2D eigenvalue weighted by molar-refractivity contribution is 7.13. The zero-order valence-corrected chi connectivity index (χ0v) is 14.1. The second-order valence-corrected chi connectivity index (χ2v) is 6.22. The predicted octanol–water partition coefficient (Wildman–Crippen LogP) is 3.25. The van der Waals surface area contributed by atoms with Gasteiger partial charge in [-0.15, -0.1) is 11.3 Å². The lowest BCUT2D eigenvalue weighted by atomic mass is 10.2. The molecule has 0 aliphatic rings. The van der Waals surface area contributed by atoms with E-state index in [-0.39, 0.29) is 11.9 Å². The Morgan fingerprint density at radius 2 is 2.22 bits per heavy atom. The molecule has 2 aromatic heterocycles. The Balaban J connectivity index is 1.81. The normalized spacial score (nSPS) is 12.3. The maximum absolute atomic E-state index is 12.3. The van der Waals surface area contributed by atoms with Crippen molar-refractivity contribution in [2.75, 3.05) is 12.4 Å². The Morgan fingerprint density at radius 3 is 2.91 bits per heavy atom. The molecule has 0 fully saturated rings. The molecule has 0 spiro atoms. The molecule has 0 unspecified atom stereocenters. The smallest absolute Gasteiger partial charge is 0.271 e. The SMILES string of the molecule is CC[C@H](NC(=O)c1csc(NC)n1)c1nc2ccc(C)cc2[nH]1. The molecule has 0 bridgehead atoms. The minimum Gasteiger partial charge on any atom is -0.365 e. The quantitative estimate of drug-likeness (QED) is 0.671. The number of aromatic amines is 1. The van der Waals surface area contributed by atoms with Crippen molar-refractivity contribution < 1.29 is 4.79 Å². The lowest BCUT2D eigenvalue weighted by Crippen LogP contribution is -2.29. The molecule has 23 heavy (non-hydrogen) atoms. The predicted molar refractivity (Wildman–Crippen MR) is 93.0 cm³/mol. The molecular weight excluding hydrogens is 310 g/mol. The summed E-state index contributed by atoms with van der Waals surface area (Å²) >= 11 is 1.41. The number of benzene rings is 1. The second kappa shape index (κ2) is 6.37. The second-order valence-electron chi connectivity index (χ2n) is 5.36. The average Bonchev–Trinajstić information content (AvgIpc) is 3.18. The minimum atomic E-state index is -0.189. The van der Waals surface area contributed by atoms with Gasteiger partial charge in [0.05, 0.1) is 17.1 Å². The van der Waals surface area contributed by atoms with Gasteiger partial charge in [-0.3, -0.25) is 4.79 Å². The highest BCUT2D eigenvalue weighted by Gasteiger charge is 2.19. The van der Waals surface area contributed by atoms with Gasteiger partial charge in [-0.25, -0.2) is 9.97 Å². The van der Waals surface area contributed by atoms with Gasteiger partial charge in [0, 0.05) is 12.4 Å². The van der Waals surface area contributed by atoms with Crippen LogP contribution in [0.15, 0.2) is 23.6 Å². The largest absolute Gasteiger partial charge is 0.365 e. The Bertz CT molecular complexity index is 838. The minimum absolute atomic E-state index is 0.171. The number of rotatable bonds is 5. The first-order valence-corrected chi connectivity index (χ1v) is 8.39. The molecule has 1 atom stereocenters. The first-order valence-electron chi connectivity index (χ1n) is 7.51. The third-order valence-electron chi connectivity index (χ3n) is 3.65. The van der Waals surface area contributed by atoms with Gasteiger partial charge in [-0.2, -0.15) is 0 Å². The fourth-order valence-corrected chi connectivity index (χ4v) is 3.05. The van der Waals surface area contributed by atoms with Gasteiger partial charge in [0.2, 0.25) is 0 Å². The number of fused-ring (bicyclic) bond motifs is 1. The summed E-state index contributed by atoms with van der Waals surface area (Å²) in [4.78, 5) is 24.5. The molecule has 1 aromatic carbocycles. The number of anilines is 1. The summed E-state index contributed by atoms with van der Waals surface area (Å²) < 4.78 is 0. The Morgan fingerprint density at radius 1 is 1.39 bits per heavy atom. The molecule has 1 amide bonds. The third-order valence-corrected chi connectivity index (χ3v) is 4.51. The number of nitrogens with one attached hydrogen (secondary N) is 3. The van der Waals surface area contributed by atoms with Gasteiger partial charge in [0.15, 0.2) is 5.13 Å². The number of imidazole rings is 1. The maximum atomic E-state index is 12.3. The number of carbonyl (C=O) groups is 1. The van der Waals surface area contributed by atoms with E-state index in [1.807, 2.05) is 26.0 Å². The Kier molecular flexibility index (Phi) is 4.29. The van der Waals surface area contributed by atoms with Crippen LogP contribution >= 0.6 is 11.3 Å². The highest BCUT2D eigenvalue weighted by Crippen LogP contribution is 2.21. The first-order chi connectivity index (χ1) is 11.1. The number of amides is 1. The molecular formula is C16H19N5OS. The van der Waals surface area contributed by atoms with Crippen molar-refractivity contribution in [1.82, 2.24) is 20.3 Å². The van der Waals surface area contributed by atoms with E-state index in [0.717, 1.165) is 28.4 Å². The number of hydrogen-bond acceptors (Lipinski definition) is 5. The molecule has 0 saturated heterocycles. The van der Waals surface area contributed by atoms with Crippen molar-refractivity contribution >= 4 is 33.4 Å². The summed E-state index contributed by atoms with van der Waals surface area (Å²) in [6, 6.07) is 5.90. The van der Waals surface area contributed by atoms with Crippen LogP contribution in [0.3, 0.4) is 0 Å². The molecule has 3 aromatic rings. The van der Waals surface area contributed by atoms with Crippen LogP contribution < -0.4 is 10.6 Å². The van der Waals surface area contributed by atoms with Gasteiger partial charge >= 0.3 is 0 Å². The van der Waals surface area contributed by atoms with E-state index in [1.54, 1.807) is 12.4 Å². The number of aromatic nitrogens is 3.